The van der Waals surface area contributed by atoms with Crippen LogP contribution in [0.3, 0.4) is 0 Å². The van der Waals surface area contributed by atoms with E-state index in [1.165, 1.54) is 24.6 Å². The first-order chi connectivity index (χ1) is 17.9. The number of nitrogens with zero attached hydrogens (tertiary/aromatic N) is 3. The number of hydrogen-bond acceptors (Lipinski definition) is 8. The van der Waals surface area contributed by atoms with Crippen molar-refractivity contribution in [2.75, 3.05) is 60.3 Å². The number of hydrogen-bond donors (Lipinski definition) is 0. The summed E-state index contributed by atoms with van der Waals surface area (Å²) in [6.07, 6.45) is 1.31. The topological polar surface area (TPSA) is 97.8 Å². The largest absolute Gasteiger partial charge is 0.497 e. The number of carbonyl (C=O) groups is 1. The minimum atomic E-state index is -3.85. The van der Waals surface area contributed by atoms with Gasteiger partial charge in [0.15, 0.2) is 11.5 Å². The smallest absolute Gasteiger partial charge is 0.246 e. The third kappa shape index (κ3) is 5.34. The van der Waals surface area contributed by atoms with Crippen molar-refractivity contribution >= 4 is 15.9 Å². The number of sulfonamides is 1. The molecule has 5 rings (SSSR count). The molecule has 2 fully saturated rings. The lowest BCUT2D eigenvalue weighted by atomic mass is 9.97. The summed E-state index contributed by atoms with van der Waals surface area (Å²) in [7, 11) is -0.923. The van der Waals surface area contributed by atoms with E-state index >= 15 is 0 Å². The number of benzene rings is 2. The molecule has 0 saturated carbocycles. The molecule has 3 aliphatic rings. The molecule has 0 bridgehead atoms. The molecule has 0 radical (unpaired) electrons. The van der Waals surface area contributed by atoms with Gasteiger partial charge in [0.1, 0.15) is 16.4 Å². The van der Waals surface area contributed by atoms with Gasteiger partial charge in [0.25, 0.3) is 0 Å². The van der Waals surface area contributed by atoms with Gasteiger partial charge in [0, 0.05) is 51.9 Å². The van der Waals surface area contributed by atoms with Crippen molar-refractivity contribution in [3.63, 3.8) is 0 Å². The molecule has 0 aliphatic carbocycles. The normalized spacial score (nSPS) is 20.6. The molecule has 200 valence electrons. The van der Waals surface area contributed by atoms with Crippen LogP contribution in [0.25, 0.3) is 0 Å². The van der Waals surface area contributed by atoms with E-state index < -0.39 is 10.0 Å². The lowest BCUT2D eigenvalue weighted by Crippen LogP contribution is -2.52. The zero-order valence-corrected chi connectivity index (χ0v) is 22.0. The molecule has 2 aromatic carbocycles. The van der Waals surface area contributed by atoms with E-state index in [2.05, 4.69) is 4.90 Å². The van der Waals surface area contributed by atoms with Crippen LogP contribution >= 0.6 is 0 Å². The zero-order chi connectivity index (χ0) is 26.0. The molecule has 0 N–H and O–H groups in total. The predicted molar refractivity (Wildman–Crippen MR) is 135 cm³/mol. The van der Waals surface area contributed by atoms with Gasteiger partial charge in [0.2, 0.25) is 22.7 Å². The van der Waals surface area contributed by atoms with Crippen LogP contribution in [-0.4, -0.2) is 88.7 Å². The van der Waals surface area contributed by atoms with Crippen molar-refractivity contribution in [3.8, 4) is 23.0 Å². The minimum Gasteiger partial charge on any atom is -0.497 e. The number of carbonyl (C=O) groups excluding carboxylic acids is 1. The van der Waals surface area contributed by atoms with E-state index in [1.54, 1.807) is 12.1 Å². The molecule has 10 nitrogen and oxygen atoms in total. The highest BCUT2D eigenvalue weighted by molar-refractivity contribution is 7.89. The Morgan fingerprint density at radius 3 is 2.51 bits per heavy atom. The summed E-state index contributed by atoms with van der Waals surface area (Å²) in [5.74, 6) is 1.90. The van der Waals surface area contributed by atoms with E-state index in [0.29, 0.717) is 38.2 Å². The van der Waals surface area contributed by atoms with Gasteiger partial charge in [-0.2, -0.15) is 4.31 Å². The first-order valence-electron chi connectivity index (χ1n) is 12.5. The Balaban J connectivity index is 1.20. The summed E-state index contributed by atoms with van der Waals surface area (Å²) in [6.45, 7) is 4.33. The summed E-state index contributed by atoms with van der Waals surface area (Å²) in [6, 6.07) is 10.7. The average Bonchev–Trinajstić information content (AvgIpc) is 3.41. The van der Waals surface area contributed by atoms with E-state index in [4.69, 9.17) is 18.9 Å². The second-order valence-electron chi connectivity index (χ2n) is 9.51. The summed E-state index contributed by atoms with van der Waals surface area (Å²) >= 11 is 0. The molecular formula is C26H33N3O7S. The molecule has 3 aliphatic heterocycles. The quantitative estimate of drug-likeness (QED) is 0.536. The summed E-state index contributed by atoms with van der Waals surface area (Å²) < 4.78 is 49.8. The first-order valence-corrected chi connectivity index (χ1v) is 13.9. The van der Waals surface area contributed by atoms with Gasteiger partial charge in [-0.25, -0.2) is 8.42 Å². The van der Waals surface area contributed by atoms with Crippen molar-refractivity contribution in [1.29, 1.82) is 0 Å². The summed E-state index contributed by atoms with van der Waals surface area (Å²) in [5, 5.41) is 0. The monoisotopic (exact) mass is 531 g/mol. The van der Waals surface area contributed by atoms with E-state index in [0.717, 1.165) is 36.7 Å². The fourth-order valence-electron chi connectivity index (χ4n) is 5.17. The Morgan fingerprint density at radius 2 is 1.76 bits per heavy atom. The Labute approximate surface area is 217 Å². The predicted octanol–water partition coefficient (Wildman–Crippen LogP) is 2.18. The van der Waals surface area contributed by atoms with Crippen LogP contribution in [0.1, 0.15) is 18.4 Å². The summed E-state index contributed by atoms with van der Waals surface area (Å²) in [5.41, 5.74) is 1.14. The van der Waals surface area contributed by atoms with E-state index in [9.17, 15) is 13.2 Å². The lowest BCUT2D eigenvalue weighted by Gasteiger charge is -2.38. The summed E-state index contributed by atoms with van der Waals surface area (Å²) in [4.78, 5) is 17.6. The SMILES string of the molecule is COc1ccc(OC)c(S(=O)(=O)N2CCC[C@H](C(=O)N3CCN(Cc4ccc5c(c4)OCO5)CC3)C2)c1. The van der Waals surface area contributed by atoms with Gasteiger partial charge < -0.3 is 23.8 Å². The molecular weight excluding hydrogens is 498 g/mol. The molecule has 0 aromatic heterocycles. The molecule has 37 heavy (non-hydrogen) atoms. The lowest BCUT2D eigenvalue weighted by molar-refractivity contribution is -0.138. The fourth-order valence-corrected chi connectivity index (χ4v) is 6.86. The van der Waals surface area contributed by atoms with Crippen LogP contribution < -0.4 is 18.9 Å². The second-order valence-corrected chi connectivity index (χ2v) is 11.4. The Morgan fingerprint density at radius 1 is 0.973 bits per heavy atom. The molecule has 11 heteroatoms. The molecule has 1 amide bonds. The van der Waals surface area contributed by atoms with Crippen molar-refractivity contribution in [3.05, 3.63) is 42.0 Å². The van der Waals surface area contributed by atoms with Gasteiger partial charge >= 0.3 is 0 Å². The Hall–Kier alpha value is -3.02. The van der Waals surface area contributed by atoms with Crippen LogP contribution in [0.15, 0.2) is 41.3 Å². The van der Waals surface area contributed by atoms with Crippen LogP contribution in [0.5, 0.6) is 23.0 Å². The highest BCUT2D eigenvalue weighted by atomic mass is 32.2. The maximum absolute atomic E-state index is 13.5. The standard InChI is InChI=1S/C26H33N3O7S/c1-33-21-6-8-23(34-2)25(15-21)37(31,32)29-9-3-4-20(17-29)26(30)28-12-10-27(11-13-28)16-19-5-7-22-24(14-19)36-18-35-22/h5-8,14-15,20H,3-4,9-13,16-18H2,1-2H3/t20-/m0/s1. The fraction of sp³-hybridized carbons (Fsp3) is 0.500. The third-order valence-electron chi connectivity index (χ3n) is 7.25. The molecule has 2 aromatic rings. The van der Waals surface area contributed by atoms with Gasteiger partial charge in [-0.3, -0.25) is 9.69 Å². The van der Waals surface area contributed by atoms with Crippen molar-refractivity contribution in [2.45, 2.75) is 24.3 Å². The highest BCUT2D eigenvalue weighted by Crippen LogP contribution is 2.34. The van der Waals surface area contributed by atoms with Gasteiger partial charge in [0.05, 0.1) is 20.1 Å². The third-order valence-corrected chi connectivity index (χ3v) is 9.14. The number of amides is 1. The minimum absolute atomic E-state index is 0.0280. The molecule has 1 atom stereocenters. The zero-order valence-electron chi connectivity index (χ0n) is 21.2. The Kier molecular flexibility index (Phi) is 7.45. The maximum Gasteiger partial charge on any atom is 0.246 e. The number of methoxy groups -OCH3 is 2. The molecule has 0 spiro atoms. The second kappa shape index (κ2) is 10.8. The maximum atomic E-state index is 13.5. The van der Waals surface area contributed by atoms with Crippen LogP contribution in [0, 0.1) is 5.92 Å². The van der Waals surface area contributed by atoms with Crippen molar-refractivity contribution in [1.82, 2.24) is 14.1 Å². The van der Waals surface area contributed by atoms with Crippen molar-refractivity contribution in [2.24, 2.45) is 5.92 Å². The average molecular weight is 532 g/mol. The number of fused-ring (bicyclic) bond motifs is 1. The number of rotatable bonds is 7. The van der Waals surface area contributed by atoms with Gasteiger partial charge in [-0.05, 0) is 42.7 Å². The molecule has 0 unspecified atom stereocenters. The first kappa shape index (κ1) is 25.6. The van der Waals surface area contributed by atoms with Crippen LogP contribution in [0.2, 0.25) is 0 Å². The Bertz CT molecular complexity index is 1240. The van der Waals surface area contributed by atoms with E-state index in [-0.39, 0.29) is 35.8 Å². The number of piperazine rings is 1. The van der Waals surface area contributed by atoms with E-state index in [1.807, 2.05) is 23.1 Å². The van der Waals surface area contributed by atoms with Gasteiger partial charge in [-0.15, -0.1) is 0 Å². The van der Waals surface area contributed by atoms with Crippen LogP contribution in [0.4, 0.5) is 0 Å². The van der Waals surface area contributed by atoms with Gasteiger partial charge in [-0.1, -0.05) is 6.07 Å². The highest BCUT2D eigenvalue weighted by Gasteiger charge is 2.37. The van der Waals surface area contributed by atoms with Crippen molar-refractivity contribution < 1.29 is 32.2 Å². The number of ether oxygens (including phenoxy) is 4. The molecule has 3 heterocycles. The van der Waals surface area contributed by atoms with Crippen LogP contribution in [-0.2, 0) is 21.4 Å². The number of piperidine rings is 1. The molecule has 2 saturated heterocycles.